The molecule has 0 aromatic carbocycles. The smallest absolute Gasteiger partial charge is 0.252 e. The van der Waals surface area contributed by atoms with E-state index in [4.69, 9.17) is 5.84 Å². The summed E-state index contributed by atoms with van der Waals surface area (Å²) in [6.07, 6.45) is 5.94. The lowest BCUT2D eigenvalue weighted by Gasteiger charge is -2.04. The zero-order chi connectivity index (χ0) is 13.7. The molecule has 0 fully saturated rings. The van der Waals surface area contributed by atoms with Crippen molar-refractivity contribution in [2.45, 2.75) is 6.42 Å². The summed E-state index contributed by atoms with van der Waals surface area (Å²) in [5.41, 5.74) is 4.00. The average Bonchev–Trinajstić information content (AvgIpc) is 2.84. The predicted octanol–water partition coefficient (Wildman–Crippen LogP) is 0.0732. The zero-order valence-electron chi connectivity index (χ0n) is 10.6. The van der Waals surface area contributed by atoms with E-state index in [1.807, 2.05) is 13.2 Å². The number of rotatable bonds is 5. The quantitative estimate of drug-likeness (QED) is 0.522. The number of hydrazine groups is 1. The number of nitrogens with two attached hydrogens (primary N) is 1. The number of aromatic nitrogens is 3. The molecule has 0 aliphatic rings. The molecule has 0 saturated heterocycles. The number of nitrogen functional groups attached to an aromatic ring is 1. The summed E-state index contributed by atoms with van der Waals surface area (Å²) in [4.78, 5) is 15.8. The van der Waals surface area contributed by atoms with Gasteiger partial charge in [0.05, 0.1) is 11.8 Å². The van der Waals surface area contributed by atoms with Crippen LogP contribution in [0.3, 0.4) is 0 Å². The molecule has 0 atom stereocenters. The molecule has 2 aromatic rings. The summed E-state index contributed by atoms with van der Waals surface area (Å²) >= 11 is 0. The molecule has 0 radical (unpaired) electrons. The summed E-state index contributed by atoms with van der Waals surface area (Å²) in [5.74, 6) is 5.57. The predicted molar refractivity (Wildman–Crippen MR) is 71.3 cm³/mol. The highest BCUT2D eigenvalue weighted by atomic mass is 16.1. The van der Waals surface area contributed by atoms with Crippen LogP contribution in [-0.4, -0.2) is 27.2 Å². The fourth-order valence-electron chi connectivity index (χ4n) is 1.64. The van der Waals surface area contributed by atoms with Gasteiger partial charge in [0.25, 0.3) is 5.91 Å². The third kappa shape index (κ3) is 3.52. The highest BCUT2D eigenvalue weighted by molar-refractivity contribution is 5.94. The number of hydrogen-bond donors (Lipinski definition) is 3. The lowest BCUT2D eigenvalue weighted by atomic mass is 10.2. The van der Waals surface area contributed by atoms with Crippen LogP contribution in [0.25, 0.3) is 0 Å². The Bertz CT molecular complexity index is 548. The molecule has 0 unspecified atom stereocenters. The highest BCUT2D eigenvalue weighted by Crippen LogP contribution is 2.03. The SMILES string of the molecule is Cn1cc(CCNC(=O)c2ccc(NN)nc2)cn1. The minimum atomic E-state index is -0.153. The Kier molecular flexibility index (Phi) is 4.09. The molecule has 7 heteroatoms. The van der Waals surface area contributed by atoms with Crippen molar-refractivity contribution in [3.05, 3.63) is 41.9 Å². The molecule has 2 aromatic heterocycles. The standard InChI is InChI=1S/C12H16N6O/c1-18-8-9(6-16-18)4-5-14-12(19)10-2-3-11(17-13)15-7-10/h2-3,6-8H,4-5,13H2,1H3,(H,14,19)(H,15,17). The van der Waals surface area contributed by atoms with Gasteiger partial charge >= 0.3 is 0 Å². The largest absolute Gasteiger partial charge is 0.352 e. The van der Waals surface area contributed by atoms with Gasteiger partial charge in [-0.25, -0.2) is 10.8 Å². The van der Waals surface area contributed by atoms with Crippen molar-refractivity contribution in [3.63, 3.8) is 0 Å². The number of aryl methyl sites for hydroxylation is 1. The summed E-state index contributed by atoms with van der Waals surface area (Å²) in [5, 5.41) is 6.89. The minimum absolute atomic E-state index is 0.153. The molecule has 100 valence electrons. The fourth-order valence-corrected chi connectivity index (χ4v) is 1.64. The number of nitrogens with zero attached hydrogens (tertiary/aromatic N) is 3. The lowest BCUT2D eigenvalue weighted by molar-refractivity contribution is 0.0954. The number of nitrogens with one attached hydrogen (secondary N) is 2. The van der Waals surface area contributed by atoms with Crippen molar-refractivity contribution >= 4 is 11.7 Å². The van der Waals surface area contributed by atoms with E-state index in [1.54, 1.807) is 23.0 Å². The molecule has 2 rings (SSSR count). The molecule has 19 heavy (non-hydrogen) atoms. The average molecular weight is 260 g/mol. The van der Waals surface area contributed by atoms with E-state index in [9.17, 15) is 4.79 Å². The van der Waals surface area contributed by atoms with E-state index in [2.05, 4.69) is 20.8 Å². The molecule has 0 aliphatic carbocycles. The van der Waals surface area contributed by atoms with Gasteiger partial charge in [0.2, 0.25) is 0 Å². The van der Waals surface area contributed by atoms with Crippen LogP contribution < -0.4 is 16.6 Å². The van der Waals surface area contributed by atoms with Crippen molar-refractivity contribution in [2.24, 2.45) is 12.9 Å². The van der Waals surface area contributed by atoms with Gasteiger partial charge in [0.1, 0.15) is 5.82 Å². The van der Waals surface area contributed by atoms with E-state index >= 15 is 0 Å². The Balaban J connectivity index is 1.83. The third-order valence-corrected chi connectivity index (χ3v) is 2.63. The van der Waals surface area contributed by atoms with Gasteiger partial charge in [-0.05, 0) is 24.1 Å². The Morgan fingerprint density at radius 1 is 1.42 bits per heavy atom. The number of anilines is 1. The van der Waals surface area contributed by atoms with Gasteiger partial charge in [-0.2, -0.15) is 5.10 Å². The topological polar surface area (TPSA) is 97.9 Å². The first-order chi connectivity index (χ1) is 9.19. The first kappa shape index (κ1) is 13.0. The van der Waals surface area contributed by atoms with E-state index in [0.29, 0.717) is 17.9 Å². The second-order valence-electron chi connectivity index (χ2n) is 4.10. The molecule has 7 nitrogen and oxygen atoms in total. The van der Waals surface area contributed by atoms with Crippen molar-refractivity contribution in [1.82, 2.24) is 20.1 Å². The second kappa shape index (κ2) is 5.96. The Labute approximate surface area is 110 Å². The molecule has 2 heterocycles. The van der Waals surface area contributed by atoms with Gasteiger partial charge in [-0.15, -0.1) is 0 Å². The van der Waals surface area contributed by atoms with Gasteiger partial charge in [-0.1, -0.05) is 0 Å². The second-order valence-corrected chi connectivity index (χ2v) is 4.10. The number of hydrogen-bond acceptors (Lipinski definition) is 5. The summed E-state index contributed by atoms with van der Waals surface area (Å²) in [6.45, 7) is 0.557. The van der Waals surface area contributed by atoms with Crippen LogP contribution in [-0.2, 0) is 13.5 Å². The monoisotopic (exact) mass is 260 g/mol. The molecular weight excluding hydrogens is 244 g/mol. The fraction of sp³-hybridized carbons (Fsp3) is 0.250. The van der Waals surface area contributed by atoms with Crippen LogP contribution in [0.15, 0.2) is 30.7 Å². The van der Waals surface area contributed by atoms with Crippen LogP contribution >= 0.6 is 0 Å². The van der Waals surface area contributed by atoms with Gasteiger partial charge in [-0.3, -0.25) is 9.48 Å². The number of carbonyl (C=O) groups excluding carboxylic acids is 1. The van der Waals surface area contributed by atoms with Crippen molar-refractivity contribution < 1.29 is 4.79 Å². The normalized spacial score (nSPS) is 10.2. The van der Waals surface area contributed by atoms with Gasteiger partial charge in [0.15, 0.2) is 0 Å². The Hall–Kier alpha value is -2.41. The van der Waals surface area contributed by atoms with Crippen molar-refractivity contribution in [1.29, 1.82) is 0 Å². The van der Waals surface area contributed by atoms with E-state index in [0.717, 1.165) is 12.0 Å². The third-order valence-electron chi connectivity index (χ3n) is 2.63. The van der Waals surface area contributed by atoms with Crippen LogP contribution in [0.2, 0.25) is 0 Å². The molecule has 0 saturated carbocycles. The lowest BCUT2D eigenvalue weighted by Crippen LogP contribution is -2.25. The van der Waals surface area contributed by atoms with E-state index < -0.39 is 0 Å². The molecule has 0 bridgehead atoms. The minimum Gasteiger partial charge on any atom is -0.352 e. The maximum absolute atomic E-state index is 11.8. The molecule has 0 aliphatic heterocycles. The van der Waals surface area contributed by atoms with Gasteiger partial charge < -0.3 is 10.7 Å². The van der Waals surface area contributed by atoms with Crippen LogP contribution in [0.5, 0.6) is 0 Å². The zero-order valence-corrected chi connectivity index (χ0v) is 10.6. The maximum Gasteiger partial charge on any atom is 0.252 e. The van der Waals surface area contributed by atoms with Crippen LogP contribution in [0.1, 0.15) is 15.9 Å². The highest BCUT2D eigenvalue weighted by Gasteiger charge is 2.05. The molecule has 0 spiro atoms. The molecule has 4 N–H and O–H groups in total. The summed E-state index contributed by atoms with van der Waals surface area (Å²) in [7, 11) is 1.86. The Morgan fingerprint density at radius 2 is 2.26 bits per heavy atom. The molecular formula is C12H16N6O. The van der Waals surface area contributed by atoms with Crippen LogP contribution in [0, 0.1) is 0 Å². The first-order valence-electron chi connectivity index (χ1n) is 5.87. The van der Waals surface area contributed by atoms with Crippen molar-refractivity contribution in [2.75, 3.05) is 12.0 Å². The van der Waals surface area contributed by atoms with Crippen molar-refractivity contribution in [3.8, 4) is 0 Å². The number of pyridine rings is 1. The number of amides is 1. The molecule has 1 amide bonds. The number of carbonyl (C=O) groups is 1. The first-order valence-corrected chi connectivity index (χ1v) is 5.87. The van der Waals surface area contributed by atoms with Gasteiger partial charge in [0, 0.05) is 26.0 Å². The maximum atomic E-state index is 11.8. The summed E-state index contributed by atoms with van der Waals surface area (Å²) in [6, 6.07) is 3.32. The van der Waals surface area contributed by atoms with E-state index in [-0.39, 0.29) is 5.91 Å². The van der Waals surface area contributed by atoms with E-state index in [1.165, 1.54) is 6.20 Å². The van der Waals surface area contributed by atoms with Crippen LogP contribution in [0.4, 0.5) is 5.82 Å². The summed E-state index contributed by atoms with van der Waals surface area (Å²) < 4.78 is 1.74. The Morgan fingerprint density at radius 3 is 2.84 bits per heavy atom.